The van der Waals surface area contributed by atoms with Crippen molar-refractivity contribution in [1.29, 1.82) is 0 Å². The lowest BCUT2D eigenvalue weighted by Crippen LogP contribution is -2.21. The third kappa shape index (κ3) is 3.52. The Kier molecular flexibility index (Phi) is 4.57. The minimum atomic E-state index is -0.0176. The predicted molar refractivity (Wildman–Crippen MR) is 106 cm³/mol. The zero-order chi connectivity index (χ0) is 19.6. The molecule has 0 amide bonds. The first-order valence-electron chi connectivity index (χ1n) is 9.61. The Balaban J connectivity index is 1.38. The van der Waals surface area contributed by atoms with Gasteiger partial charge in [-0.1, -0.05) is 47.6 Å². The molecule has 3 heterocycles. The number of hydrogen-bond donors (Lipinski definition) is 0. The second-order valence-electron chi connectivity index (χ2n) is 6.80. The van der Waals surface area contributed by atoms with E-state index >= 15 is 0 Å². The first kappa shape index (κ1) is 17.6. The summed E-state index contributed by atoms with van der Waals surface area (Å²) in [5, 5.41) is 8.78. The smallest absolute Gasteiger partial charge is 0.278 e. The molecule has 1 atom stereocenters. The van der Waals surface area contributed by atoms with Gasteiger partial charge < -0.3 is 14.0 Å². The molecule has 7 nitrogen and oxygen atoms in total. The Hall–Kier alpha value is -3.45. The largest absolute Gasteiger partial charge is 0.494 e. The third-order valence-electron chi connectivity index (χ3n) is 4.85. The van der Waals surface area contributed by atoms with Crippen LogP contribution in [0.5, 0.6) is 5.75 Å². The predicted octanol–water partition coefficient (Wildman–Crippen LogP) is 4.27. The molecule has 0 spiro atoms. The van der Waals surface area contributed by atoms with E-state index in [0.29, 0.717) is 37.2 Å². The van der Waals surface area contributed by atoms with Crippen molar-refractivity contribution >= 4 is 0 Å². The molecule has 7 heteroatoms. The quantitative estimate of drug-likeness (QED) is 0.508. The van der Waals surface area contributed by atoms with E-state index in [-0.39, 0.29) is 6.10 Å². The molecule has 5 rings (SSSR count). The highest BCUT2D eigenvalue weighted by molar-refractivity contribution is 5.59. The normalized spacial score (nSPS) is 15.8. The highest BCUT2D eigenvalue weighted by Gasteiger charge is 2.24. The molecule has 0 unspecified atom stereocenters. The maximum absolute atomic E-state index is 6.01. The lowest BCUT2D eigenvalue weighted by Gasteiger charge is -2.24. The molecule has 2 aromatic carbocycles. The fraction of sp³-hybridized carbons (Fsp3) is 0.227. The molecule has 0 fully saturated rings. The Labute approximate surface area is 167 Å². The number of fused-ring (bicyclic) bond motifs is 1. The van der Waals surface area contributed by atoms with Gasteiger partial charge in [0.2, 0.25) is 5.82 Å². The molecule has 0 radical (unpaired) electrons. The van der Waals surface area contributed by atoms with E-state index in [1.165, 1.54) is 0 Å². The standard InChI is InChI=1S/C22H20N4O3/c1-2-27-18-10-6-9-16(11-18)21-23-22(29-25-21)19-12-17-14-28-20(13-26(17)24-19)15-7-4-3-5-8-15/h3-12,20H,2,13-14H2,1H3/t20-/m1/s1. The van der Waals surface area contributed by atoms with Gasteiger partial charge in [0.25, 0.3) is 5.89 Å². The summed E-state index contributed by atoms with van der Waals surface area (Å²) in [7, 11) is 0. The van der Waals surface area contributed by atoms with Gasteiger partial charge >= 0.3 is 0 Å². The van der Waals surface area contributed by atoms with Crippen LogP contribution in [0.25, 0.3) is 23.0 Å². The van der Waals surface area contributed by atoms with Crippen molar-refractivity contribution in [2.45, 2.75) is 26.2 Å². The third-order valence-corrected chi connectivity index (χ3v) is 4.85. The van der Waals surface area contributed by atoms with Crippen molar-refractivity contribution < 1.29 is 14.0 Å². The van der Waals surface area contributed by atoms with E-state index in [9.17, 15) is 0 Å². The Morgan fingerprint density at radius 2 is 2.00 bits per heavy atom. The molecule has 0 N–H and O–H groups in total. The minimum absolute atomic E-state index is 0.0176. The SMILES string of the molecule is CCOc1cccc(-c2noc(-c3cc4n(n3)C[C@H](c3ccccc3)OC4)n2)c1. The van der Waals surface area contributed by atoms with Crippen LogP contribution in [0.3, 0.4) is 0 Å². The molecular formula is C22H20N4O3. The van der Waals surface area contributed by atoms with Crippen LogP contribution in [0.1, 0.15) is 24.3 Å². The summed E-state index contributed by atoms with van der Waals surface area (Å²) in [5.74, 6) is 1.67. The van der Waals surface area contributed by atoms with Crippen LogP contribution in [0.4, 0.5) is 0 Å². The fourth-order valence-corrected chi connectivity index (χ4v) is 3.44. The number of ether oxygens (including phenoxy) is 2. The maximum atomic E-state index is 6.01. The fourth-order valence-electron chi connectivity index (χ4n) is 3.44. The van der Waals surface area contributed by atoms with Crippen LogP contribution in [-0.2, 0) is 17.9 Å². The second-order valence-corrected chi connectivity index (χ2v) is 6.80. The van der Waals surface area contributed by atoms with Crippen LogP contribution in [0, 0.1) is 0 Å². The summed E-state index contributed by atoms with van der Waals surface area (Å²) in [4.78, 5) is 4.52. The number of rotatable bonds is 5. The van der Waals surface area contributed by atoms with Crippen LogP contribution >= 0.6 is 0 Å². The van der Waals surface area contributed by atoms with Gasteiger partial charge in [0.15, 0.2) is 5.69 Å². The minimum Gasteiger partial charge on any atom is -0.494 e. The monoisotopic (exact) mass is 388 g/mol. The molecule has 1 aliphatic rings. The summed E-state index contributed by atoms with van der Waals surface area (Å²) < 4.78 is 19.0. The molecule has 0 saturated heterocycles. The van der Waals surface area contributed by atoms with Crippen LogP contribution < -0.4 is 4.74 Å². The van der Waals surface area contributed by atoms with E-state index in [1.54, 1.807) is 0 Å². The van der Waals surface area contributed by atoms with Gasteiger partial charge in [0, 0.05) is 5.56 Å². The van der Waals surface area contributed by atoms with Crippen LogP contribution in [0.2, 0.25) is 0 Å². The number of hydrogen-bond acceptors (Lipinski definition) is 6. The van der Waals surface area contributed by atoms with E-state index < -0.39 is 0 Å². The van der Waals surface area contributed by atoms with Gasteiger partial charge in [0.1, 0.15) is 11.9 Å². The Morgan fingerprint density at radius 3 is 2.86 bits per heavy atom. The van der Waals surface area contributed by atoms with Crippen molar-refractivity contribution in [3.05, 3.63) is 71.9 Å². The molecule has 1 aliphatic heterocycles. The van der Waals surface area contributed by atoms with E-state index in [1.807, 2.05) is 60.1 Å². The Morgan fingerprint density at radius 1 is 1.10 bits per heavy atom. The molecule has 0 bridgehead atoms. The number of aromatic nitrogens is 4. The first-order valence-corrected chi connectivity index (χ1v) is 9.61. The summed E-state index contributed by atoms with van der Waals surface area (Å²) in [5.41, 5.74) is 3.62. The lowest BCUT2D eigenvalue weighted by molar-refractivity contribution is -0.00113. The average Bonchev–Trinajstić information content (AvgIpc) is 3.41. The van der Waals surface area contributed by atoms with E-state index in [4.69, 9.17) is 14.0 Å². The van der Waals surface area contributed by atoms with Crippen molar-refractivity contribution in [3.8, 4) is 28.7 Å². The van der Waals surface area contributed by atoms with E-state index in [2.05, 4.69) is 27.4 Å². The molecule has 2 aromatic heterocycles. The van der Waals surface area contributed by atoms with Gasteiger partial charge in [0.05, 0.1) is 25.5 Å². The van der Waals surface area contributed by atoms with Gasteiger partial charge in [-0.2, -0.15) is 10.1 Å². The Bertz CT molecular complexity index is 1120. The summed E-state index contributed by atoms with van der Waals surface area (Å²) in [6.45, 7) is 3.69. The number of nitrogens with zero attached hydrogens (tertiary/aromatic N) is 4. The van der Waals surface area contributed by atoms with Gasteiger partial charge in [-0.15, -0.1) is 0 Å². The highest BCUT2D eigenvalue weighted by Crippen LogP contribution is 2.29. The summed E-state index contributed by atoms with van der Waals surface area (Å²) in [6.07, 6.45) is -0.0176. The van der Waals surface area contributed by atoms with Crippen molar-refractivity contribution in [2.75, 3.05) is 6.61 Å². The topological polar surface area (TPSA) is 75.2 Å². The van der Waals surface area contributed by atoms with Crippen LogP contribution in [-0.4, -0.2) is 26.5 Å². The van der Waals surface area contributed by atoms with Gasteiger partial charge in [-0.25, -0.2) is 0 Å². The molecule has 146 valence electrons. The molecule has 0 aliphatic carbocycles. The average molecular weight is 388 g/mol. The summed E-state index contributed by atoms with van der Waals surface area (Å²) >= 11 is 0. The maximum Gasteiger partial charge on any atom is 0.278 e. The first-order chi connectivity index (χ1) is 14.3. The summed E-state index contributed by atoms with van der Waals surface area (Å²) in [6, 6.07) is 19.7. The van der Waals surface area contributed by atoms with Crippen LogP contribution in [0.15, 0.2) is 65.2 Å². The second kappa shape index (κ2) is 7.52. The van der Waals surface area contributed by atoms with Gasteiger partial charge in [-0.3, -0.25) is 4.68 Å². The zero-order valence-electron chi connectivity index (χ0n) is 16.0. The van der Waals surface area contributed by atoms with Crippen molar-refractivity contribution in [2.24, 2.45) is 0 Å². The molecule has 4 aromatic rings. The zero-order valence-corrected chi connectivity index (χ0v) is 16.0. The van der Waals surface area contributed by atoms with Crippen molar-refractivity contribution in [1.82, 2.24) is 19.9 Å². The van der Waals surface area contributed by atoms with Crippen molar-refractivity contribution in [3.63, 3.8) is 0 Å². The molecule has 29 heavy (non-hydrogen) atoms. The van der Waals surface area contributed by atoms with E-state index in [0.717, 1.165) is 22.6 Å². The van der Waals surface area contributed by atoms with Gasteiger partial charge in [-0.05, 0) is 30.7 Å². The highest BCUT2D eigenvalue weighted by atomic mass is 16.5. The number of benzene rings is 2. The molecule has 0 saturated carbocycles. The lowest BCUT2D eigenvalue weighted by atomic mass is 10.1. The molecular weight excluding hydrogens is 368 g/mol.